The van der Waals surface area contributed by atoms with Crippen molar-refractivity contribution in [3.05, 3.63) is 105 Å². The molecule has 1 aliphatic rings. The highest BCUT2D eigenvalue weighted by Gasteiger charge is 2.35. The second-order valence-corrected chi connectivity index (χ2v) is 11.0. The zero-order valence-electron chi connectivity index (χ0n) is 22.2. The van der Waals surface area contributed by atoms with Gasteiger partial charge in [-0.1, -0.05) is 54.6 Å². The topological polar surface area (TPSA) is 65.1 Å². The summed E-state index contributed by atoms with van der Waals surface area (Å²) in [6.45, 7) is 5.08. The van der Waals surface area contributed by atoms with Crippen LogP contribution in [0.4, 0.5) is 4.79 Å². The molecule has 4 aromatic rings. The number of carbonyl (C=O) groups excluding carboxylic acids is 2. The van der Waals surface area contributed by atoms with Gasteiger partial charge in [0.2, 0.25) is 0 Å². The Balaban J connectivity index is 1.30. The second kappa shape index (κ2) is 12.6. The van der Waals surface area contributed by atoms with Gasteiger partial charge in [-0.2, -0.15) is 0 Å². The first-order chi connectivity index (χ1) is 19.4. The van der Waals surface area contributed by atoms with Gasteiger partial charge in [0.05, 0.1) is 22.5 Å². The van der Waals surface area contributed by atoms with E-state index in [0.29, 0.717) is 45.4 Å². The lowest BCUT2D eigenvalue weighted by atomic mass is 10.1. The number of ether oxygens (including phenoxy) is 3. The molecule has 0 bridgehead atoms. The molecule has 1 fully saturated rings. The summed E-state index contributed by atoms with van der Waals surface area (Å²) in [7, 11) is 0. The van der Waals surface area contributed by atoms with Gasteiger partial charge in [-0.05, 0) is 99.3 Å². The summed E-state index contributed by atoms with van der Waals surface area (Å²) >= 11 is 4.54. The Labute approximate surface area is 246 Å². The van der Waals surface area contributed by atoms with E-state index < -0.39 is 0 Å². The van der Waals surface area contributed by atoms with Crippen molar-refractivity contribution in [1.82, 2.24) is 4.90 Å². The number of amides is 2. The summed E-state index contributed by atoms with van der Waals surface area (Å²) < 4.78 is 18.6. The Hall–Kier alpha value is -3.75. The zero-order chi connectivity index (χ0) is 28.1. The first-order valence-corrected chi connectivity index (χ1v) is 14.5. The predicted octanol–water partition coefficient (Wildman–Crippen LogP) is 8.00. The van der Waals surface area contributed by atoms with Gasteiger partial charge >= 0.3 is 0 Å². The van der Waals surface area contributed by atoms with Crippen LogP contribution < -0.4 is 14.2 Å². The molecule has 8 heteroatoms. The van der Waals surface area contributed by atoms with E-state index in [4.69, 9.17) is 14.2 Å². The fourth-order valence-electron chi connectivity index (χ4n) is 4.45. The lowest BCUT2D eigenvalue weighted by Gasteiger charge is -2.16. The van der Waals surface area contributed by atoms with Gasteiger partial charge in [-0.15, -0.1) is 0 Å². The van der Waals surface area contributed by atoms with Crippen molar-refractivity contribution in [2.45, 2.75) is 20.5 Å². The monoisotopic (exact) mass is 617 g/mol. The molecule has 40 heavy (non-hydrogen) atoms. The van der Waals surface area contributed by atoms with Gasteiger partial charge in [-0.25, -0.2) is 0 Å². The lowest BCUT2D eigenvalue weighted by Crippen LogP contribution is -2.32. The third-order valence-electron chi connectivity index (χ3n) is 6.33. The van der Waals surface area contributed by atoms with Crippen LogP contribution in [-0.2, 0) is 11.4 Å². The highest BCUT2D eigenvalue weighted by molar-refractivity contribution is 9.10. The third kappa shape index (κ3) is 6.35. The van der Waals surface area contributed by atoms with Crippen LogP contribution in [-0.4, -0.2) is 35.8 Å². The SMILES string of the molecule is CCOc1cc(/C=C2\SC(=O)N(CCOc3cccc(C)c3)C2=O)cc(Br)c1OCc1cccc2ccccc12. The van der Waals surface area contributed by atoms with E-state index in [9.17, 15) is 9.59 Å². The Morgan fingerprint density at radius 2 is 1.73 bits per heavy atom. The predicted molar refractivity (Wildman–Crippen MR) is 163 cm³/mol. The number of imide groups is 1. The smallest absolute Gasteiger partial charge is 0.293 e. The lowest BCUT2D eigenvalue weighted by molar-refractivity contribution is -0.123. The van der Waals surface area contributed by atoms with Crippen molar-refractivity contribution in [3.63, 3.8) is 0 Å². The van der Waals surface area contributed by atoms with Gasteiger partial charge in [0.25, 0.3) is 11.1 Å². The van der Waals surface area contributed by atoms with E-state index in [-0.39, 0.29) is 24.3 Å². The summed E-state index contributed by atoms with van der Waals surface area (Å²) in [6, 6.07) is 25.7. The Morgan fingerprint density at radius 1 is 0.925 bits per heavy atom. The maximum atomic E-state index is 13.0. The highest BCUT2D eigenvalue weighted by Crippen LogP contribution is 2.40. The summed E-state index contributed by atoms with van der Waals surface area (Å²) in [5.74, 6) is 1.49. The van der Waals surface area contributed by atoms with Gasteiger partial charge in [0.15, 0.2) is 11.5 Å². The number of hydrogen-bond donors (Lipinski definition) is 0. The van der Waals surface area contributed by atoms with Crippen LogP contribution in [0.2, 0.25) is 0 Å². The molecule has 0 spiro atoms. The van der Waals surface area contributed by atoms with Gasteiger partial charge in [0, 0.05) is 0 Å². The minimum absolute atomic E-state index is 0.171. The molecule has 4 aromatic carbocycles. The average molecular weight is 619 g/mol. The maximum absolute atomic E-state index is 13.0. The number of rotatable bonds is 10. The van der Waals surface area contributed by atoms with E-state index >= 15 is 0 Å². The molecule has 5 rings (SSSR count). The van der Waals surface area contributed by atoms with Crippen LogP contribution >= 0.6 is 27.7 Å². The number of benzene rings is 4. The zero-order valence-corrected chi connectivity index (χ0v) is 24.6. The van der Waals surface area contributed by atoms with E-state index in [1.165, 1.54) is 4.90 Å². The van der Waals surface area contributed by atoms with E-state index in [1.54, 1.807) is 6.08 Å². The quantitative estimate of drug-likeness (QED) is 0.168. The van der Waals surface area contributed by atoms with Crippen molar-refractivity contribution >= 4 is 55.7 Å². The Bertz CT molecular complexity index is 1600. The summed E-state index contributed by atoms with van der Waals surface area (Å²) in [4.78, 5) is 27.2. The second-order valence-electron chi connectivity index (χ2n) is 9.19. The molecule has 0 atom stereocenters. The number of nitrogens with zero attached hydrogens (tertiary/aromatic N) is 1. The molecule has 0 aromatic heterocycles. The van der Waals surface area contributed by atoms with Crippen molar-refractivity contribution < 1.29 is 23.8 Å². The fourth-order valence-corrected chi connectivity index (χ4v) is 5.89. The molecule has 204 valence electrons. The molecule has 0 saturated carbocycles. The number of aryl methyl sites for hydroxylation is 1. The summed E-state index contributed by atoms with van der Waals surface area (Å²) in [6.07, 6.45) is 1.70. The Kier molecular flexibility index (Phi) is 8.77. The molecule has 0 radical (unpaired) electrons. The molecular weight excluding hydrogens is 590 g/mol. The molecule has 6 nitrogen and oxygen atoms in total. The first-order valence-electron chi connectivity index (χ1n) is 12.9. The van der Waals surface area contributed by atoms with E-state index in [0.717, 1.165) is 33.7 Å². The largest absolute Gasteiger partial charge is 0.492 e. The van der Waals surface area contributed by atoms with E-state index in [1.807, 2.05) is 74.5 Å². The standard InChI is InChI=1S/C32H28BrNO5S/c1-3-37-28-18-22(17-27(33)30(28)39-20-24-11-7-10-23-9-4-5-13-26(23)24)19-29-31(35)34(32(36)40-29)14-15-38-25-12-6-8-21(2)16-25/h4-13,16-19H,3,14-15,20H2,1-2H3/b29-19-. The molecule has 2 amide bonds. The Morgan fingerprint density at radius 3 is 2.55 bits per heavy atom. The number of hydrogen-bond acceptors (Lipinski definition) is 6. The van der Waals surface area contributed by atoms with E-state index in [2.05, 4.69) is 34.1 Å². The van der Waals surface area contributed by atoms with Crippen LogP contribution in [0.5, 0.6) is 17.2 Å². The first kappa shape index (κ1) is 27.8. The highest BCUT2D eigenvalue weighted by atomic mass is 79.9. The molecule has 0 N–H and O–H groups in total. The van der Waals surface area contributed by atoms with Gasteiger partial charge in [-0.3, -0.25) is 14.5 Å². The van der Waals surface area contributed by atoms with Crippen LogP contribution in [0.3, 0.4) is 0 Å². The fraction of sp³-hybridized carbons (Fsp3) is 0.188. The van der Waals surface area contributed by atoms with Crippen LogP contribution in [0, 0.1) is 6.92 Å². The molecule has 0 unspecified atom stereocenters. The minimum Gasteiger partial charge on any atom is -0.492 e. The average Bonchev–Trinajstić information content (AvgIpc) is 3.20. The van der Waals surface area contributed by atoms with Gasteiger partial charge < -0.3 is 14.2 Å². The minimum atomic E-state index is -0.340. The van der Waals surface area contributed by atoms with Gasteiger partial charge in [0.1, 0.15) is 19.0 Å². The van der Waals surface area contributed by atoms with Crippen molar-refractivity contribution in [1.29, 1.82) is 0 Å². The number of carbonyl (C=O) groups is 2. The molecular formula is C32H28BrNO5S. The maximum Gasteiger partial charge on any atom is 0.293 e. The summed E-state index contributed by atoms with van der Waals surface area (Å²) in [5.41, 5.74) is 2.86. The van der Waals surface area contributed by atoms with Crippen molar-refractivity contribution in [3.8, 4) is 17.2 Å². The number of fused-ring (bicyclic) bond motifs is 1. The molecule has 1 saturated heterocycles. The number of halogens is 1. The normalized spacial score (nSPS) is 14.3. The third-order valence-corrected chi connectivity index (χ3v) is 7.82. The summed E-state index contributed by atoms with van der Waals surface area (Å²) in [5, 5.41) is 1.97. The molecule has 1 heterocycles. The number of thioether (sulfide) groups is 1. The molecule has 1 aliphatic heterocycles. The van der Waals surface area contributed by atoms with Crippen LogP contribution in [0.15, 0.2) is 88.2 Å². The van der Waals surface area contributed by atoms with Crippen LogP contribution in [0.25, 0.3) is 16.8 Å². The molecule has 0 aliphatic carbocycles. The van der Waals surface area contributed by atoms with Crippen molar-refractivity contribution in [2.24, 2.45) is 0 Å². The van der Waals surface area contributed by atoms with Crippen molar-refractivity contribution in [2.75, 3.05) is 19.8 Å². The van der Waals surface area contributed by atoms with Crippen LogP contribution in [0.1, 0.15) is 23.6 Å².